The summed E-state index contributed by atoms with van der Waals surface area (Å²) in [5.41, 5.74) is 0.888. The van der Waals surface area contributed by atoms with Crippen LogP contribution in [0.2, 0.25) is 0 Å². The second-order valence-electron chi connectivity index (χ2n) is 4.35. The molecule has 1 aromatic heterocycles. The third kappa shape index (κ3) is 2.48. The van der Waals surface area contributed by atoms with Crippen LogP contribution in [0.4, 0.5) is 0 Å². The fourth-order valence-electron chi connectivity index (χ4n) is 2.13. The molecule has 1 N–H and O–H groups in total. The molecule has 2 unspecified atom stereocenters. The molecule has 4 heteroatoms. The zero-order valence-electron chi connectivity index (χ0n) is 9.33. The number of nitrogens with one attached hydrogen (secondary N) is 1. The summed E-state index contributed by atoms with van der Waals surface area (Å²) in [5.74, 6) is 0.887. The topological polar surface area (TPSA) is 42.2 Å². The molecule has 88 valence electrons. The molecule has 0 aromatic carbocycles. The minimum absolute atomic E-state index is 0.103. The van der Waals surface area contributed by atoms with Crippen LogP contribution in [0, 0.1) is 12.8 Å². The number of halogens is 1. The Balaban J connectivity index is 1.86. The summed E-state index contributed by atoms with van der Waals surface area (Å²) in [4.78, 5) is 12.3. The fourth-order valence-corrected chi connectivity index (χ4v) is 2.91. The number of rotatable bonds is 3. The van der Waals surface area contributed by atoms with Crippen molar-refractivity contribution in [1.29, 1.82) is 0 Å². The highest BCUT2D eigenvalue weighted by atomic mass is 79.9. The normalized spacial score (nSPS) is 24.6. The molecule has 1 aliphatic carbocycles. The van der Waals surface area contributed by atoms with Gasteiger partial charge in [0.2, 0.25) is 0 Å². The molecule has 16 heavy (non-hydrogen) atoms. The third-order valence-electron chi connectivity index (χ3n) is 3.16. The van der Waals surface area contributed by atoms with E-state index >= 15 is 0 Å². The first-order valence-electron chi connectivity index (χ1n) is 5.65. The molecule has 0 saturated heterocycles. The predicted molar refractivity (Wildman–Crippen MR) is 65.8 cm³/mol. The van der Waals surface area contributed by atoms with Crippen molar-refractivity contribution < 1.29 is 9.21 Å². The van der Waals surface area contributed by atoms with Crippen molar-refractivity contribution in [1.82, 2.24) is 5.32 Å². The van der Waals surface area contributed by atoms with Gasteiger partial charge in [-0.2, -0.15) is 0 Å². The van der Waals surface area contributed by atoms with Gasteiger partial charge in [-0.15, -0.1) is 0 Å². The van der Waals surface area contributed by atoms with Crippen LogP contribution in [0.3, 0.4) is 0 Å². The lowest BCUT2D eigenvalue weighted by atomic mass is 10.1. The lowest BCUT2D eigenvalue weighted by Crippen LogP contribution is -2.31. The van der Waals surface area contributed by atoms with Gasteiger partial charge in [-0.3, -0.25) is 4.79 Å². The molecule has 0 radical (unpaired) electrons. The molecule has 2 atom stereocenters. The van der Waals surface area contributed by atoms with Gasteiger partial charge in [0.05, 0.1) is 6.26 Å². The van der Waals surface area contributed by atoms with Crippen molar-refractivity contribution in [3.63, 3.8) is 0 Å². The van der Waals surface area contributed by atoms with Crippen molar-refractivity contribution in [2.45, 2.75) is 31.0 Å². The maximum absolute atomic E-state index is 11.8. The van der Waals surface area contributed by atoms with Gasteiger partial charge in [0.25, 0.3) is 5.91 Å². The predicted octanol–water partition coefficient (Wildman–Crippen LogP) is 2.88. The van der Waals surface area contributed by atoms with Crippen LogP contribution in [0.15, 0.2) is 16.7 Å². The van der Waals surface area contributed by atoms with Crippen molar-refractivity contribution >= 4 is 21.8 Å². The van der Waals surface area contributed by atoms with E-state index in [4.69, 9.17) is 4.42 Å². The molecule has 0 spiro atoms. The van der Waals surface area contributed by atoms with Gasteiger partial charge >= 0.3 is 0 Å². The van der Waals surface area contributed by atoms with Crippen molar-refractivity contribution in [3.8, 4) is 0 Å². The summed E-state index contributed by atoms with van der Waals surface area (Å²) in [6.45, 7) is 2.61. The number of carbonyl (C=O) groups is 1. The van der Waals surface area contributed by atoms with Gasteiger partial charge in [-0.05, 0) is 31.7 Å². The summed E-state index contributed by atoms with van der Waals surface area (Å²) >= 11 is 3.64. The van der Waals surface area contributed by atoms with Crippen LogP contribution in [0.25, 0.3) is 0 Å². The van der Waals surface area contributed by atoms with Gasteiger partial charge in [-0.25, -0.2) is 0 Å². The van der Waals surface area contributed by atoms with Gasteiger partial charge < -0.3 is 9.73 Å². The average molecular weight is 286 g/mol. The second kappa shape index (κ2) is 5.04. The molecule has 1 amide bonds. The van der Waals surface area contributed by atoms with E-state index in [1.54, 1.807) is 12.3 Å². The first-order valence-corrected chi connectivity index (χ1v) is 6.56. The van der Waals surface area contributed by atoms with Gasteiger partial charge in [0.1, 0.15) is 0 Å². The van der Waals surface area contributed by atoms with E-state index in [0.717, 1.165) is 12.1 Å². The number of aryl methyl sites for hydroxylation is 1. The van der Waals surface area contributed by atoms with Crippen LogP contribution >= 0.6 is 15.9 Å². The lowest BCUT2D eigenvalue weighted by molar-refractivity contribution is 0.0919. The Bertz CT molecular complexity index is 375. The minimum Gasteiger partial charge on any atom is -0.459 e. The number of hydrogen-bond acceptors (Lipinski definition) is 2. The molecule has 1 saturated carbocycles. The lowest BCUT2D eigenvalue weighted by Gasteiger charge is -2.14. The first kappa shape index (κ1) is 11.7. The van der Waals surface area contributed by atoms with Crippen LogP contribution < -0.4 is 5.32 Å². The molecule has 2 rings (SSSR count). The standard InChI is InChI=1S/C12H16BrNO2/c1-8-5-6-16-11(8)12(15)14-7-9-3-2-4-10(9)13/h5-6,9-10H,2-4,7H2,1H3,(H,14,15). The highest BCUT2D eigenvalue weighted by molar-refractivity contribution is 9.09. The smallest absolute Gasteiger partial charge is 0.287 e. The minimum atomic E-state index is -0.103. The largest absolute Gasteiger partial charge is 0.459 e. The molecular weight excluding hydrogens is 270 g/mol. The summed E-state index contributed by atoms with van der Waals surface area (Å²) in [6.07, 6.45) is 5.19. The second-order valence-corrected chi connectivity index (χ2v) is 5.53. The van der Waals surface area contributed by atoms with Crippen LogP contribution in [0.1, 0.15) is 35.4 Å². The Labute approximate surface area is 104 Å². The number of carbonyl (C=O) groups excluding carboxylic acids is 1. The molecule has 0 bridgehead atoms. The number of alkyl halides is 1. The van der Waals surface area contributed by atoms with E-state index in [-0.39, 0.29) is 5.91 Å². The SMILES string of the molecule is Cc1ccoc1C(=O)NCC1CCCC1Br. The molecule has 0 aliphatic heterocycles. The highest BCUT2D eigenvalue weighted by Gasteiger charge is 2.25. The van der Waals surface area contributed by atoms with Crippen molar-refractivity contribution in [2.75, 3.05) is 6.54 Å². The van der Waals surface area contributed by atoms with E-state index in [9.17, 15) is 4.79 Å². The van der Waals surface area contributed by atoms with Crippen LogP contribution in [-0.4, -0.2) is 17.3 Å². The summed E-state index contributed by atoms with van der Waals surface area (Å²) < 4.78 is 5.14. The molecule has 1 aliphatic rings. The zero-order chi connectivity index (χ0) is 11.5. The van der Waals surface area contributed by atoms with Crippen molar-refractivity contribution in [3.05, 3.63) is 23.7 Å². The third-order valence-corrected chi connectivity index (χ3v) is 4.36. The molecule has 3 nitrogen and oxygen atoms in total. The molecule has 1 fully saturated rings. The summed E-state index contributed by atoms with van der Waals surface area (Å²) in [6, 6.07) is 1.80. The molecular formula is C12H16BrNO2. The molecule has 1 heterocycles. The number of furan rings is 1. The van der Waals surface area contributed by atoms with E-state index < -0.39 is 0 Å². The van der Waals surface area contributed by atoms with Crippen LogP contribution in [-0.2, 0) is 0 Å². The van der Waals surface area contributed by atoms with E-state index in [1.807, 2.05) is 6.92 Å². The van der Waals surface area contributed by atoms with Crippen LogP contribution in [0.5, 0.6) is 0 Å². The molecule has 1 aromatic rings. The Morgan fingerprint density at radius 2 is 2.44 bits per heavy atom. The first-order chi connectivity index (χ1) is 7.68. The Hall–Kier alpha value is -0.770. The van der Waals surface area contributed by atoms with E-state index in [1.165, 1.54) is 19.3 Å². The van der Waals surface area contributed by atoms with Crippen molar-refractivity contribution in [2.24, 2.45) is 5.92 Å². The highest BCUT2D eigenvalue weighted by Crippen LogP contribution is 2.30. The summed E-state index contributed by atoms with van der Waals surface area (Å²) in [7, 11) is 0. The fraction of sp³-hybridized carbons (Fsp3) is 0.583. The maximum Gasteiger partial charge on any atom is 0.287 e. The van der Waals surface area contributed by atoms with Gasteiger partial charge in [0.15, 0.2) is 5.76 Å². The van der Waals surface area contributed by atoms with E-state index in [2.05, 4.69) is 21.2 Å². The summed E-state index contributed by atoms with van der Waals surface area (Å²) in [5, 5.41) is 2.94. The number of amides is 1. The van der Waals surface area contributed by atoms with Gasteiger partial charge in [0, 0.05) is 16.9 Å². The maximum atomic E-state index is 11.8. The number of hydrogen-bond donors (Lipinski definition) is 1. The quantitative estimate of drug-likeness (QED) is 0.868. The Morgan fingerprint density at radius 1 is 1.62 bits per heavy atom. The van der Waals surface area contributed by atoms with Gasteiger partial charge in [-0.1, -0.05) is 22.4 Å². The monoisotopic (exact) mass is 285 g/mol. The van der Waals surface area contributed by atoms with E-state index in [0.29, 0.717) is 16.5 Å². The zero-order valence-corrected chi connectivity index (χ0v) is 10.9. The Kier molecular flexibility index (Phi) is 3.69. The average Bonchev–Trinajstić information content (AvgIpc) is 2.84. The Morgan fingerprint density at radius 3 is 3.00 bits per heavy atom.